The summed E-state index contributed by atoms with van der Waals surface area (Å²) in [7, 11) is 0. The molecule has 0 aromatic heterocycles. The summed E-state index contributed by atoms with van der Waals surface area (Å²) in [4.78, 5) is 26.3. The molecule has 5 heteroatoms. The van der Waals surface area contributed by atoms with E-state index in [9.17, 15) is 9.59 Å². The fraction of sp³-hybridized carbons (Fsp3) is 0.875. The van der Waals surface area contributed by atoms with Gasteiger partial charge in [0.1, 0.15) is 0 Å². The van der Waals surface area contributed by atoms with Crippen LogP contribution >= 0.6 is 0 Å². The molecule has 1 amide bonds. The van der Waals surface area contributed by atoms with Gasteiger partial charge < -0.3 is 10.1 Å². The molecular formula is C16H30N2O3. The third kappa shape index (κ3) is 5.30. The minimum Gasteiger partial charge on any atom is -0.466 e. The lowest BCUT2D eigenvalue weighted by molar-refractivity contribution is -0.151. The van der Waals surface area contributed by atoms with Crippen molar-refractivity contribution in [1.29, 1.82) is 0 Å². The van der Waals surface area contributed by atoms with Crippen molar-refractivity contribution in [3.8, 4) is 0 Å². The minimum absolute atomic E-state index is 0.0632. The molecule has 1 aliphatic rings. The van der Waals surface area contributed by atoms with Crippen LogP contribution in [0, 0.1) is 5.92 Å². The van der Waals surface area contributed by atoms with Crippen molar-refractivity contribution in [2.45, 2.75) is 65.5 Å². The van der Waals surface area contributed by atoms with Crippen LogP contribution in [0.2, 0.25) is 0 Å². The van der Waals surface area contributed by atoms with Gasteiger partial charge in [0.15, 0.2) is 0 Å². The molecule has 1 rings (SSSR count). The molecule has 0 spiro atoms. The van der Waals surface area contributed by atoms with Crippen molar-refractivity contribution >= 4 is 11.9 Å². The second kappa shape index (κ2) is 9.03. The molecule has 5 nitrogen and oxygen atoms in total. The fourth-order valence-electron chi connectivity index (χ4n) is 2.79. The first kappa shape index (κ1) is 18.0. The Balaban J connectivity index is 2.54. The van der Waals surface area contributed by atoms with Crippen LogP contribution in [-0.4, -0.2) is 48.6 Å². The van der Waals surface area contributed by atoms with Crippen molar-refractivity contribution in [2.75, 3.05) is 19.7 Å². The van der Waals surface area contributed by atoms with Crippen LogP contribution in [0.5, 0.6) is 0 Å². The van der Waals surface area contributed by atoms with E-state index in [1.807, 2.05) is 13.8 Å². The zero-order chi connectivity index (χ0) is 15.8. The van der Waals surface area contributed by atoms with Gasteiger partial charge in [0.2, 0.25) is 5.91 Å². The maximum Gasteiger partial charge on any atom is 0.310 e. The van der Waals surface area contributed by atoms with E-state index >= 15 is 0 Å². The summed E-state index contributed by atoms with van der Waals surface area (Å²) in [5.41, 5.74) is 0. The number of carbonyl (C=O) groups excluding carboxylic acids is 2. The summed E-state index contributed by atoms with van der Waals surface area (Å²) in [6.45, 7) is 9.81. The quantitative estimate of drug-likeness (QED) is 0.730. The number of nitrogens with zero attached hydrogens (tertiary/aromatic N) is 1. The Labute approximate surface area is 128 Å². The van der Waals surface area contributed by atoms with E-state index in [4.69, 9.17) is 4.74 Å². The van der Waals surface area contributed by atoms with Crippen LogP contribution in [0.4, 0.5) is 0 Å². The van der Waals surface area contributed by atoms with E-state index in [2.05, 4.69) is 24.1 Å². The molecule has 1 unspecified atom stereocenters. The van der Waals surface area contributed by atoms with E-state index in [0.29, 0.717) is 13.2 Å². The average molecular weight is 298 g/mol. The summed E-state index contributed by atoms with van der Waals surface area (Å²) < 4.78 is 5.10. The number of piperidine rings is 1. The van der Waals surface area contributed by atoms with Gasteiger partial charge in [-0.3, -0.25) is 14.5 Å². The molecule has 0 saturated carbocycles. The molecule has 2 atom stereocenters. The van der Waals surface area contributed by atoms with Crippen LogP contribution in [0.3, 0.4) is 0 Å². The first-order chi connectivity index (χ1) is 10.0. The molecule has 21 heavy (non-hydrogen) atoms. The molecule has 1 aliphatic heterocycles. The number of hydrogen-bond donors (Lipinski definition) is 1. The molecule has 0 aromatic rings. The van der Waals surface area contributed by atoms with Crippen molar-refractivity contribution in [2.24, 2.45) is 5.92 Å². The van der Waals surface area contributed by atoms with E-state index in [1.54, 1.807) is 0 Å². The van der Waals surface area contributed by atoms with Gasteiger partial charge in [-0.05, 0) is 46.1 Å². The SMILES string of the molecule is CCOC(=O)[C@@H]1CCCN(C(C)C(=O)NC(CC)CC)C1. The van der Waals surface area contributed by atoms with Gasteiger partial charge in [0.05, 0.1) is 18.6 Å². The fourth-order valence-corrected chi connectivity index (χ4v) is 2.79. The summed E-state index contributed by atoms with van der Waals surface area (Å²) >= 11 is 0. The number of carbonyl (C=O) groups is 2. The van der Waals surface area contributed by atoms with Crippen LogP contribution in [0.1, 0.15) is 53.4 Å². The summed E-state index contributed by atoms with van der Waals surface area (Å²) in [5, 5.41) is 3.09. The molecule has 1 heterocycles. The van der Waals surface area contributed by atoms with Crippen molar-refractivity contribution in [3.63, 3.8) is 0 Å². The van der Waals surface area contributed by atoms with Gasteiger partial charge in [0.25, 0.3) is 0 Å². The van der Waals surface area contributed by atoms with Crippen molar-refractivity contribution in [3.05, 3.63) is 0 Å². The Bertz CT molecular complexity index is 342. The second-order valence-electron chi connectivity index (χ2n) is 5.78. The number of esters is 1. The third-order valence-electron chi connectivity index (χ3n) is 4.33. The van der Waals surface area contributed by atoms with Gasteiger partial charge >= 0.3 is 5.97 Å². The zero-order valence-electron chi connectivity index (χ0n) is 13.9. The van der Waals surface area contributed by atoms with Crippen molar-refractivity contribution < 1.29 is 14.3 Å². The molecule has 1 fully saturated rings. The number of amides is 1. The maximum absolute atomic E-state index is 12.3. The van der Waals surface area contributed by atoms with E-state index in [0.717, 1.165) is 32.2 Å². The number of nitrogens with one attached hydrogen (secondary N) is 1. The lowest BCUT2D eigenvalue weighted by Gasteiger charge is -2.35. The molecular weight excluding hydrogens is 268 g/mol. The average Bonchev–Trinajstić information content (AvgIpc) is 2.51. The van der Waals surface area contributed by atoms with Gasteiger partial charge in [-0.25, -0.2) is 0 Å². The Hall–Kier alpha value is -1.10. The highest BCUT2D eigenvalue weighted by atomic mass is 16.5. The number of likely N-dealkylation sites (tertiary alicyclic amines) is 1. The Morgan fingerprint density at radius 1 is 1.29 bits per heavy atom. The highest BCUT2D eigenvalue weighted by molar-refractivity contribution is 5.81. The third-order valence-corrected chi connectivity index (χ3v) is 4.33. The lowest BCUT2D eigenvalue weighted by atomic mass is 9.96. The number of ether oxygens (including phenoxy) is 1. The number of rotatable bonds is 7. The Morgan fingerprint density at radius 2 is 1.95 bits per heavy atom. The van der Waals surface area contributed by atoms with E-state index in [1.165, 1.54) is 0 Å². The predicted molar refractivity (Wildman–Crippen MR) is 82.9 cm³/mol. The smallest absolute Gasteiger partial charge is 0.310 e. The van der Waals surface area contributed by atoms with Crippen LogP contribution in [0.25, 0.3) is 0 Å². The second-order valence-corrected chi connectivity index (χ2v) is 5.78. The van der Waals surface area contributed by atoms with Crippen molar-refractivity contribution in [1.82, 2.24) is 10.2 Å². The zero-order valence-corrected chi connectivity index (χ0v) is 13.9. The molecule has 1 saturated heterocycles. The molecule has 122 valence electrons. The first-order valence-electron chi connectivity index (χ1n) is 8.24. The standard InChI is InChI=1S/C16H30N2O3/c1-5-14(6-2)17-15(19)12(4)18-10-8-9-13(11-18)16(20)21-7-3/h12-14H,5-11H2,1-4H3,(H,17,19)/t12?,13-/m1/s1. The Kier molecular flexibility index (Phi) is 7.72. The number of hydrogen-bond acceptors (Lipinski definition) is 4. The van der Waals surface area contributed by atoms with Crippen LogP contribution < -0.4 is 5.32 Å². The van der Waals surface area contributed by atoms with Gasteiger partial charge in [-0.1, -0.05) is 13.8 Å². The van der Waals surface area contributed by atoms with Crippen LogP contribution in [0.15, 0.2) is 0 Å². The molecule has 0 aliphatic carbocycles. The lowest BCUT2D eigenvalue weighted by Crippen LogP contribution is -2.52. The normalized spacial score (nSPS) is 21.1. The van der Waals surface area contributed by atoms with E-state index in [-0.39, 0.29) is 29.9 Å². The topological polar surface area (TPSA) is 58.6 Å². The molecule has 0 bridgehead atoms. The molecule has 0 aromatic carbocycles. The van der Waals surface area contributed by atoms with Gasteiger partial charge in [-0.15, -0.1) is 0 Å². The maximum atomic E-state index is 12.3. The summed E-state index contributed by atoms with van der Waals surface area (Å²) in [6.07, 6.45) is 3.68. The molecule has 1 N–H and O–H groups in total. The summed E-state index contributed by atoms with van der Waals surface area (Å²) in [5.74, 6) is -0.162. The van der Waals surface area contributed by atoms with Gasteiger partial charge in [0, 0.05) is 12.6 Å². The predicted octanol–water partition coefficient (Wildman–Crippen LogP) is 1.95. The molecule has 0 radical (unpaired) electrons. The van der Waals surface area contributed by atoms with Gasteiger partial charge in [-0.2, -0.15) is 0 Å². The summed E-state index contributed by atoms with van der Waals surface area (Å²) in [6, 6.07) is 0.0495. The first-order valence-corrected chi connectivity index (χ1v) is 8.24. The highest BCUT2D eigenvalue weighted by Crippen LogP contribution is 2.20. The van der Waals surface area contributed by atoms with Crippen LogP contribution in [-0.2, 0) is 14.3 Å². The highest BCUT2D eigenvalue weighted by Gasteiger charge is 2.31. The minimum atomic E-state index is -0.192. The Morgan fingerprint density at radius 3 is 2.52 bits per heavy atom. The largest absolute Gasteiger partial charge is 0.466 e. The van der Waals surface area contributed by atoms with E-state index < -0.39 is 0 Å². The monoisotopic (exact) mass is 298 g/mol.